The van der Waals surface area contributed by atoms with Crippen molar-refractivity contribution in [3.05, 3.63) is 35.9 Å². The molecule has 0 saturated carbocycles. The van der Waals surface area contributed by atoms with Gasteiger partial charge in [0.2, 0.25) is 0 Å². The zero-order chi connectivity index (χ0) is 9.10. The van der Waals surface area contributed by atoms with Crippen molar-refractivity contribution in [1.29, 1.82) is 0 Å². The van der Waals surface area contributed by atoms with Crippen molar-refractivity contribution >= 4 is 29.3 Å². The summed E-state index contributed by atoms with van der Waals surface area (Å²) in [6.07, 6.45) is 0. The molecule has 1 aliphatic heterocycles. The minimum atomic E-state index is 0.347. The Morgan fingerprint density at radius 2 is 2.15 bits per heavy atom. The number of rotatable bonds is 2. The lowest BCUT2D eigenvalue weighted by molar-refractivity contribution is 0.777. The summed E-state index contributed by atoms with van der Waals surface area (Å²) < 4.78 is 0. The monoisotopic (exact) mass is 209 g/mol. The maximum Gasteiger partial charge on any atom is 0.0829 e. The molecule has 2 atom stereocenters. The first-order valence-corrected chi connectivity index (χ1v) is 5.70. The van der Waals surface area contributed by atoms with E-state index < -0.39 is 0 Å². The number of thiocarbonyl (C=S) groups is 1. The Morgan fingerprint density at radius 3 is 2.77 bits per heavy atom. The summed E-state index contributed by atoms with van der Waals surface area (Å²) >= 11 is 6.80. The molecule has 13 heavy (non-hydrogen) atoms. The second-order valence-corrected chi connectivity index (χ2v) is 4.62. The third-order valence-electron chi connectivity index (χ3n) is 2.11. The molecule has 0 spiro atoms. The molecule has 68 valence electrons. The SMILES string of the molecule is S=CC1NCC(c2ccccc2)S1. The summed E-state index contributed by atoms with van der Waals surface area (Å²) in [7, 11) is 0. The van der Waals surface area contributed by atoms with Gasteiger partial charge in [0.15, 0.2) is 0 Å². The maximum atomic E-state index is 4.91. The van der Waals surface area contributed by atoms with Gasteiger partial charge in [-0.3, -0.25) is 5.32 Å². The van der Waals surface area contributed by atoms with Crippen LogP contribution >= 0.6 is 24.0 Å². The first kappa shape index (κ1) is 9.19. The van der Waals surface area contributed by atoms with Crippen molar-refractivity contribution in [3.63, 3.8) is 0 Å². The fourth-order valence-corrected chi connectivity index (χ4v) is 2.85. The van der Waals surface area contributed by atoms with E-state index in [1.807, 2.05) is 17.8 Å². The Bertz CT molecular complexity index is 286. The van der Waals surface area contributed by atoms with Crippen LogP contribution in [0.3, 0.4) is 0 Å². The average Bonchev–Trinajstić information content (AvgIpc) is 2.67. The van der Waals surface area contributed by atoms with Crippen LogP contribution in [0.4, 0.5) is 0 Å². The van der Waals surface area contributed by atoms with Gasteiger partial charge in [-0.1, -0.05) is 42.5 Å². The molecule has 0 bridgehead atoms. The summed E-state index contributed by atoms with van der Waals surface area (Å²) in [4.78, 5) is 0. The third-order valence-corrected chi connectivity index (χ3v) is 3.92. The van der Waals surface area contributed by atoms with Crippen molar-refractivity contribution < 1.29 is 0 Å². The predicted molar refractivity (Wildman–Crippen MR) is 62.2 cm³/mol. The van der Waals surface area contributed by atoms with Crippen LogP contribution in [0.25, 0.3) is 0 Å². The Kier molecular flexibility index (Phi) is 2.98. The Hall–Kier alpha value is -0.380. The molecule has 1 aliphatic rings. The summed E-state index contributed by atoms with van der Waals surface area (Å²) in [5.74, 6) is 0. The molecule has 0 amide bonds. The van der Waals surface area contributed by atoms with Crippen LogP contribution in [0, 0.1) is 0 Å². The minimum Gasteiger partial charge on any atom is -0.300 e. The predicted octanol–water partition coefficient (Wildman–Crippen LogP) is 2.39. The smallest absolute Gasteiger partial charge is 0.0829 e. The van der Waals surface area contributed by atoms with Crippen molar-refractivity contribution in [1.82, 2.24) is 5.32 Å². The molecule has 0 aromatic heterocycles. The van der Waals surface area contributed by atoms with Crippen LogP contribution in [-0.2, 0) is 0 Å². The highest BCUT2D eigenvalue weighted by atomic mass is 32.2. The highest BCUT2D eigenvalue weighted by molar-refractivity contribution is 8.01. The Labute approximate surface area is 87.9 Å². The maximum absolute atomic E-state index is 4.91. The van der Waals surface area contributed by atoms with E-state index in [1.54, 1.807) is 5.37 Å². The first-order chi connectivity index (χ1) is 6.40. The van der Waals surface area contributed by atoms with Gasteiger partial charge in [0.25, 0.3) is 0 Å². The van der Waals surface area contributed by atoms with E-state index in [0.29, 0.717) is 10.6 Å². The van der Waals surface area contributed by atoms with Crippen LogP contribution in [0.1, 0.15) is 10.8 Å². The normalized spacial score (nSPS) is 27.4. The molecule has 2 unspecified atom stereocenters. The van der Waals surface area contributed by atoms with E-state index >= 15 is 0 Å². The molecule has 3 heteroatoms. The van der Waals surface area contributed by atoms with Gasteiger partial charge in [-0.25, -0.2) is 0 Å². The molecule has 1 fully saturated rings. The van der Waals surface area contributed by atoms with E-state index in [4.69, 9.17) is 12.2 Å². The van der Waals surface area contributed by atoms with Crippen molar-refractivity contribution in [2.45, 2.75) is 10.6 Å². The summed E-state index contributed by atoms with van der Waals surface area (Å²) in [5.41, 5.74) is 1.39. The summed E-state index contributed by atoms with van der Waals surface area (Å²) in [5, 5.41) is 6.07. The van der Waals surface area contributed by atoms with E-state index in [-0.39, 0.29) is 0 Å². The highest BCUT2D eigenvalue weighted by Gasteiger charge is 2.23. The second kappa shape index (κ2) is 4.22. The van der Waals surface area contributed by atoms with E-state index in [2.05, 4.69) is 29.6 Å². The number of hydrogen-bond donors (Lipinski definition) is 1. The highest BCUT2D eigenvalue weighted by Crippen LogP contribution is 2.34. The largest absolute Gasteiger partial charge is 0.300 e. The lowest BCUT2D eigenvalue weighted by atomic mass is 10.1. The van der Waals surface area contributed by atoms with Crippen LogP contribution in [0.5, 0.6) is 0 Å². The van der Waals surface area contributed by atoms with Gasteiger partial charge >= 0.3 is 0 Å². The Morgan fingerprint density at radius 1 is 1.38 bits per heavy atom. The molecule has 0 aliphatic carbocycles. The van der Waals surface area contributed by atoms with E-state index in [9.17, 15) is 0 Å². The molecule has 1 aromatic rings. The number of hydrogen-bond acceptors (Lipinski definition) is 3. The molecule has 2 rings (SSSR count). The molecular formula is C10H11NS2. The lowest BCUT2D eigenvalue weighted by Gasteiger charge is -2.07. The number of thioether (sulfide) groups is 1. The van der Waals surface area contributed by atoms with Gasteiger partial charge in [0, 0.05) is 17.2 Å². The zero-order valence-corrected chi connectivity index (χ0v) is 8.78. The molecule has 1 nitrogen and oxygen atoms in total. The van der Waals surface area contributed by atoms with Crippen LogP contribution < -0.4 is 5.32 Å². The molecule has 1 N–H and O–H groups in total. The topological polar surface area (TPSA) is 12.0 Å². The average molecular weight is 209 g/mol. The van der Waals surface area contributed by atoms with Gasteiger partial charge < -0.3 is 0 Å². The Balaban J connectivity index is 2.08. The third kappa shape index (κ3) is 2.10. The second-order valence-electron chi connectivity index (χ2n) is 3.00. The van der Waals surface area contributed by atoms with Gasteiger partial charge in [-0.15, -0.1) is 11.8 Å². The summed E-state index contributed by atoms with van der Waals surface area (Å²) in [6, 6.07) is 10.6. The fraction of sp³-hybridized carbons (Fsp3) is 0.300. The molecular weight excluding hydrogens is 198 g/mol. The van der Waals surface area contributed by atoms with Gasteiger partial charge in [0.1, 0.15) is 0 Å². The van der Waals surface area contributed by atoms with Crippen molar-refractivity contribution in [2.75, 3.05) is 6.54 Å². The van der Waals surface area contributed by atoms with E-state index in [1.165, 1.54) is 5.56 Å². The minimum absolute atomic E-state index is 0.347. The number of nitrogens with one attached hydrogen (secondary N) is 1. The van der Waals surface area contributed by atoms with Crippen molar-refractivity contribution in [3.8, 4) is 0 Å². The lowest BCUT2D eigenvalue weighted by Crippen LogP contribution is -2.19. The quantitative estimate of drug-likeness (QED) is 0.751. The summed E-state index contributed by atoms with van der Waals surface area (Å²) in [6.45, 7) is 1.02. The molecule has 0 radical (unpaired) electrons. The van der Waals surface area contributed by atoms with Crippen LogP contribution in [0.15, 0.2) is 30.3 Å². The van der Waals surface area contributed by atoms with Gasteiger partial charge in [0.05, 0.1) is 5.37 Å². The first-order valence-electron chi connectivity index (χ1n) is 4.29. The fourth-order valence-electron chi connectivity index (χ4n) is 1.44. The van der Waals surface area contributed by atoms with Gasteiger partial charge in [-0.05, 0) is 5.56 Å². The van der Waals surface area contributed by atoms with Crippen LogP contribution in [-0.4, -0.2) is 17.3 Å². The van der Waals surface area contributed by atoms with E-state index in [0.717, 1.165) is 6.54 Å². The van der Waals surface area contributed by atoms with Crippen molar-refractivity contribution in [2.24, 2.45) is 0 Å². The zero-order valence-electron chi connectivity index (χ0n) is 7.14. The molecule has 1 heterocycles. The van der Waals surface area contributed by atoms with Crippen LogP contribution in [0.2, 0.25) is 0 Å². The standard InChI is InChI=1S/C10H11NS2/c12-7-10-11-6-9(13-10)8-4-2-1-3-5-8/h1-5,7,9-11H,6H2. The van der Waals surface area contributed by atoms with Gasteiger partial charge in [-0.2, -0.15) is 0 Å². The number of benzene rings is 1. The molecule has 1 aromatic carbocycles. The molecule has 1 saturated heterocycles.